The third kappa shape index (κ3) is 4.25. The van der Waals surface area contributed by atoms with Crippen molar-refractivity contribution in [2.75, 3.05) is 11.1 Å². The maximum atomic E-state index is 12.3. The number of anilines is 3. The van der Waals surface area contributed by atoms with Gasteiger partial charge in [-0.15, -0.1) is 5.10 Å². The number of Topliss-reactive ketones (excluding diaryl/α,β-unsaturated/α-hetero) is 1. The predicted octanol–water partition coefficient (Wildman–Crippen LogP) is 3.56. The minimum absolute atomic E-state index is 0.0160. The maximum absolute atomic E-state index is 12.3. The molecule has 2 aromatic carbocycles. The number of carbonyl (C=O) groups is 2. The molecule has 0 radical (unpaired) electrons. The van der Waals surface area contributed by atoms with Gasteiger partial charge in [0, 0.05) is 29.1 Å². The van der Waals surface area contributed by atoms with Crippen LogP contribution in [-0.2, 0) is 0 Å². The lowest BCUT2D eigenvalue weighted by Gasteiger charge is -2.02. The van der Waals surface area contributed by atoms with Gasteiger partial charge < -0.3 is 11.1 Å². The second-order valence-corrected chi connectivity index (χ2v) is 5.96. The summed E-state index contributed by atoms with van der Waals surface area (Å²) in [4.78, 5) is 28.4. The van der Waals surface area contributed by atoms with Gasteiger partial charge in [0.05, 0.1) is 0 Å². The summed E-state index contributed by atoms with van der Waals surface area (Å²) in [5.41, 5.74) is 6.99. The van der Waals surface area contributed by atoms with E-state index in [1.54, 1.807) is 48.5 Å². The highest BCUT2D eigenvalue weighted by Gasteiger charge is 2.16. The third-order valence-corrected chi connectivity index (χ3v) is 3.85. The van der Waals surface area contributed by atoms with Gasteiger partial charge in [-0.1, -0.05) is 48.0 Å². The van der Waals surface area contributed by atoms with Gasteiger partial charge >= 0.3 is 0 Å². The predicted molar refractivity (Wildman–Crippen MR) is 99.8 cm³/mol. The number of nitrogens with zero attached hydrogens (tertiary/aromatic N) is 3. The fourth-order valence-corrected chi connectivity index (χ4v) is 2.54. The Hall–Kier alpha value is -3.19. The Morgan fingerprint density at radius 3 is 2.58 bits per heavy atom. The van der Waals surface area contributed by atoms with E-state index in [2.05, 4.69) is 15.4 Å². The number of hydrogen-bond acceptors (Lipinski definition) is 6. The molecule has 1 aromatic heterocycles. The number of hydrogen-bond donors (Lipinski definition) is 2. The summed E-state index contributed by atoms with van der Waals surface area (Å²) in [5, 5.41) is 7.53. The highest BCUT2D eigenvalue weighted by molar-refractivity contribution is 6.30. The van der Waals surface area contributed by atoms with E-state index >= 15 is 0 Å². The Labute approximate surface area is 154 Å². The van der Waals surface area contributed by atoms with Crippen LogP contribution in [0.25, 0.3) is 0 Å². The summed E-state index contributed by atoms with van der Waals surface area (Å²) in [6.07, 6.45) is 0.0527. The third-order valence-electron chi connectivity index (χ3n) is 3.61. The molecule has 0 spiro atoms. The quantitative estimate of drug-likeness (QED) is 0.644. The number of nitrogens with one attached hydrogen (secondary N) is 1. The van der Waals surface area contributed by atoms with Crippen molar-refractivity contribution in [2.45, 2.75) is 12.8 Å². The van der Waals surface area contributed by atoms with Crippen LogP contribution in [0.3, 0.4) is 0 Å². The number of halogens is 1. The molecule has 0 aliphatic rings. The Morgan fingerprint density at radius 2 is 1.85 bits per heavy atom. The van der Waals surface area contributed by atoms with Crippen LogP contribution in [0.1, 0.15) is 28.0 Å². The molecule has 132 valence electrons. The fraction of sp³-hybridized carbons (Fsp3) is 0.111. The number of carbonyl (C=O) groups excluding carboxylic acids is 2. The molecular formula is C18H16ClN5O2. The van der Waals surface area contributed by atoms with E-state index in [0.717, 1.165) is 4.68 Å². The molecule has 0 amide bonds. The second-order valence-electron chi connectivity index (χ2n) is 5.52. The topological polar surface area (TPSA) is 103 Å². The minimum atomic E-state index is -0.404. The standard InChI is InChI=1S/C18H16ClN5O2/c19-13-7-4-8-14(11-13)21-18-22-17(20)24(23-18)16(26)10-9-15(25)12-5-2-1-3-6-12/h1-8,11H,9-10H2,(H3,20,21,22,23). The molecule has 3 N–H and O–H groups in total. The largest absolute Gasteiger partial charge is 0.368 e. The number of benzene rings is 2. The van der Waals surface area contributed by atoms with Gasteiger partial charge in [0.1, 0.15) is 0 Å². The number of nitrogen functional groups attached to an aromatic ring is 1. The van der Waals surface area contributed by atoms with Crippen LogP contribution in [0.2, 0.25) is 5.02 Å². The molecule has 1 heterocycles. The Bertz CT molecular complexity index is 940. The average molecular weight is 370 g/mol. The zero-order valence-corrected chi connectivity index (χ0v) is 14.5. The summed E-state index contributed by atoms with van der Waals surface area (Å²) in [5.74, 6) is -0.396. The molecule has 0 saturated heterocycles. The van der Waals surface area contributed by atoms with E-state index in [0.29, 0.717) is 16.3 Å². The van der Waals surface area contributed by atoms with Crippen LogP contribution in [0.15, 0.2) is 54.6 Å². The van der Waals surface area contributed by atoms with Crippen molar-refractivity contribution in [1.82, 2.24) is 14.8 Å². The lowest BCUT2D eigenvalue weighted by molar-refractivity contribution is 0.0854. The van der Waals surface area contributed by atoms with Gasteiger partial charge in [0.15, 0.2) is 5.78 Å². The van der Waals surface area contributed by atoms with Crippen molar-refractivity contribution in [3.05, 3.63) is 65.2 Å². The lowest BCUT2D eigenvalue weighted by atomic mass is 10.1. The van der Waals surface area contributed by atoms with E-state index < -0.39 is 5.91 Å². The van der Waals surface area contributed by atoms with E-state index in [4.69, 9.17) is 17.3 Å². The first-order valence-corrected chi connectivity index (χ1v) is 8.27. The monoisotopic (exact) mass is 369 g/mol. The van der Waals surface area contributed by atoms with E-state index in [-0.39, 0.29) is 30.5 Å². The zero-order chi connectivity index (χ0) is 18.5. The molecule has 0 aliphatic carbocycles. The van der Waals surface area contributed by atoms with Crippen LogP contribution in [0.5, 0.6) is 0 Å². The molecule has 8 heteroatoms. The zero-order valence-electron chi connectivity index (χ0n) is 13.7. The van der Waals surface area contributed by atoms with Crippen LogP contribution in [-0.4, -0.2) is 26.5 Å². The summed E-state index contributed by atoms with van der Waals surface area (Å²) in [7, 11) is 0. The normalized spacial score (nSPS) is 10.5. The van der Waals surface area contributed by atoms with Crippen LogP contribution < -0.4 is 11.1 Å². The molecule has 7 nitrogen and oxygen atoms in total. The highest BCUT2D eigenvalue weighted by atomic mass is 35.5. The first-order valence-electron chi connectivity index (χ1n) is 7.89. The summed E-state index contributed by atoms with van der Waals surface area (Å²) < 4.78 is 0.991. The molecule has 0 fully saturated rings. The van der Waals surface area contributed by atoms with Crippen molar-refractivity contribution in [3.8, 4) is 0 Å². The Kier molecular flexibility index (Phi) is 5.28. The van der Waals surface area contributed by atoms with Crippen molar-refractivity contribution in [3.63, 3.8) is 0 Å². The average Bonchev–Trinajstić information content (AvgIpc) is 3.00. The smallest absolute Gasteiger partial charge is 0.250 e. The molecule has 26 heavy (non-hydrogen) atoms. The summed E-state index contributed by atoms with van der Waals surface area (Å²) >= 11 is 5.92. The minimum Gasteiger partial charge on any atom is -0.368 e. The Balaban J connectivity index is 1.64. The molecule has 3 aromatic rings. The van der Waals surface area contributed by atoms with E-state index in [1.807, 2.05) is 6.07 Å². The molecule has 3 rings (SSSR count). The number of aromatic nitrogens is 3. The van der Waals surface area contributed by atoms with Crippen molar-refractivity contribution >= 4 is 40.9 Å². The first kappa shape index (κ1) is 17.6. The SMILES string of the molecule is Nc1nc(Nc2cccc(Cl)c2)nn1C(=O)CCC(=O)c1ccccc1. The van der Waals surface area contributed by atoms with Gasteiger partial charge in [0.25, 0.3) is 5.91 Å². The van der Waals surface area contributed by atoms with Gasteiger partial charge in [-0.2, -0.15) is 9.67 Å². The van der Waals surface area contributed by atoms with Crippen LogP contribution >= 0.6 is 11.6 Å². The van der Waals surface area contributed by atoms with Crippen molar-refractivity contribution < 1.29 is 9.59 Å². The van der Waals surface area contributed by atoms with Gasteiger partial charge in [-0.3, -0.25) is 9.59 Å². The molecule has 0 bridgehead atoms. The number of ketones is 1. The fourth-order valence-electron chi connectivity index (χ4n) is 2.35. The van der Waals surface area contributed by atoms with E-state index in [1.165, 1.54) is 0 Å². The van der Waals surface area contributed by atoms with Crippen LogP contribution in [0.4, 0.5) is 17.6 Å². The maximum Gasteiger partial charge on any atom is 0.250 e. The number of nitrogens with two attached hydrogens (primary N) is 1. The van der Waals surface area contributed by atoms with Gasteiger partial charge in [0.2, 0.25) is 11.9 Å². The molecular weight excluding hydrogens is 354 g/mol. The highest BCUT2D eigenvalue weighted by Crippen LogP contribution is 2.19. The van der Waals surface area contributed by atoms with Crippen molar-refractivity contribution in [2.24, 2.45) is 0 Å². The van der Waals surface area contributed by atoms with E-state index in [9.17, 15) is 9.59 Å². The molecule has 0 atom stereocenters. The first-order chi connectivity index (χ1) is 12.5. The molecule has 0 saturated carbocycles. The van der Waals surface area contributed by atoms with Gasteiger partial charge in [-0.25, -0.2) is 0 Å². The Morgan fingerprint density at radius 1 is 1.08 bits per heavy atom. The van der Waals surface area contributed by atoms with Crippen LogP contribution in [0, 0.1) is 0 Å². The van der Waals surface area contributed by atoms with Gasteiger partial charge in [-0.05, 0) is 18.2 Å². The lowest BCUT2D eigenvalue weighted by Crippen LogP contribution is -2.16. The second kappa shape index (κ2) is 7.79. The molecule has 0 aliphatic heterocycles. The summed E-state index contributed by atoms with van der Waals surface area (Å²) in [6, 6.07) is 15.8. The number of rotatable bonds is 6. The van der Waals surface area contributed by atoms with Crippen molar-refractivity contribution in [1.29, 1.82) is 0 Å². The summed E-state index contributed by atoms with van der Waals surface area (Å²) in [6.45, 7) is 0. The molecule has 0 unspecified atom stereocenters.